The Kier molecular flexibility index (Phi) is 6.34. The second kappa shape index (κ2) is 8.47. The van der Waals surface area contributed by atoms with Crippen LogP contribution < -0.4 is 15.7 Å². The molecule has 0 radical (unpaired) electrons. The molecular formula is C17H18BrN3O3. The summed E-state index contributed by atoms with van der Waals surface area (Å²) in [6, 6.07) is 15.4. The van der Waals surface area contributed by atoms with Crippen LogP contribution in [-0.4, -0.2) is 30.6 Å². The van der Waals surface area contributed by atoms with Gasteiger partial charge in [-0.05, 0) is 29.8 Å². The molecule has 1 unspecified atom stereocenters. The zero-order valence-electron chi connectivity index (χ0n) is 13.1. The van der Waals surface area contributed by atoms with Crippen LogP contribution in [0.4, 0.5) is 5.69 Å². The number of carbonyl (C=O) groups excluding carboxylic acids is 2. The number of benzene rings is 2. The van der Waals surface area contributed by atoms with E-state index in [1.807, 2.05) is 30.3 Å². The SMILES string of the molecule is CN(CC(=O)NC(C(=O)NO)c1ccc(Br)cc1)c1ccccc1. The van der Waals surface area contributed by atoms with Crippen molar-refractivity contribution < 1.29 is 14.8 Å². The molecule has 0 aliphatic rings. The predicted molar refractivity (Wildman–Crippen MR) is 94.7 cm³/mol. The maximum atomic E-state index is 12.3. The van der Waals surface area contributed by atoms with Gasteiger partial charge in [0.25, 0.3) is 5.91 Å². The molecule has 24 heavy (non-hydrogen) atoms. The number of carbonyl (C=O) groups is 2. The number of nitrogens with zero attached hydrogens (tertiary/aromatic N) is 1. The average Bonchev–Trinajstić information content (AvgIpc) is 2.60. The second-order valence-electron chi connectivity index (χ2n) is 5.22. The molecule has 0 aromatic heterocycles. The van der Waals surface area contributed by atoms with E-state index >= 15 is 0 Å². The molecule has 0 spiro atoms. The van der Waals surface area contributed by atoms with Crippen molar-refractivity contribution in [3.8, 4) is 0 Å². The summed E-state index contributed by atoms with van der Waals surface area (Å²) in [4.78, 5) is 25.9. The number of hydrogen-bond acceptors (Lipinski definition) is 4. The van der Waals surface area contributed by atoms with Crippen LogP contribution in [0.3, 0.4) is 0 Å². The van der Waals surface area contributed by atoms with Gasteiger partial charge in [0.05, 0.1) is 6.54 Å². The molecule has 126 valence electrons. The fourth-order valence-electron chi connectivity index (χ4n) is 2.22. The van der Waals surface area contributed by atoms with Gasteiger partial charge in [-0.3, -0.25) is 14.8 Å². The molecule has 3 N–H and O–H groups in total. The maximum absolute atomic E-state index is 12.3. The van der Waals surface area contributed by atoms with Crippen molar-refractivity contribution in [3.05, 3.63) is 64.6 Å². The molecule has 2 aromatic rings. The Balaban J connectivity index is 2.07. The fraction of sp³-hybridized carbons (Fsp3) is 0.176. The Morgan fingerprint density at radius 2 is 1.75 bits per heavy atom. The van der Waals surface area contributed by atoms with Gasteiger partial charge in [0.15, 0.2) is 0 Å². The van der Waals surface area contributed by atoms with E-state index in [1.54, 1.807) is 41.7 Å². The van der Waals surface area contributed by atoms with E-state index in [9.17, 15) is 9.59 Å². The van der Waals surface area contributed by atoms with E-state index in [-0.39, 0.29) is 12.5 Å². The molecule has 2 amide bonds. The van der Waals surface area contributed by atoms with Gasteiger partial charge in [0.2, 0.25) is 5.91 Å². The minimum atomic E-state index is -0.972. The zero-order chi connectivity index (χ0) is 17.5. The Morgan fingerprint density at radius 3 is 2.33 bits per heavy atom. The lowest BCUT2D eigenvalue weighted by Gasteiger charge is -2.22. The van der Waals surface area contributed by atoms with Gasteiger partial charge in [-0.1, -0.05) is 46.3 Å². The largest absolute Gasteiger partial charge is 0.365 e. The van der Waals surface area contributed by atoms with Crippen LogP contribution >= 0.6 is 15.9 Å². The first-order chi connectivity index (χ1) is 11.5. The highest BCUT2D eigenvalue weighted by molar-refractivity contribution is 9.10. The highest BCUT2D eigenvalue weighted by atomic mass is 79.9. The minimum absolute atomic E-state index is 0.0791. The normalized spacial score (nSPS) is 11.5. The summed E-state index contributed by atoms with van der Waals surface area (Å²) in [6.07, 6.45) is 0. The number of rotatable bonds is 6. The lowest BCUT2D eigenvalue weighted by Crippen LogP contribution is -2.43. The highest BCUT2D eigenvalue weighted by Crippen LogP contribution is 2.17. The Bertz CT molecular complexity index is 692. The van der Waals surface area contributed by atoms with Gasteiger partial charge in [0.1, 0.15) is 6.04 Å². The van der Waals surface area contributed by atoms with E-state index in [4.69, 9.17) is 5.21 Å². The second-order valence-corrected chi connectivity index (χ2v) is 6.14. The van der Waals surface area contributed by atoms with Gasteiger partial charge in [-0.15, -0.1) is 0 Å². The molecule has 0 bridgehead atoms. The van der Waals surface area contributed by atoms with Crippen molar-refractivity contribution in [3.63, 3.8) is 0 Å². The summed E-state index contributed by atoms with van der Waals surface area (Å²) >= 11 is 3.31. The molecule has 0 aliphatic heterocycles. The van der Waals surface area contributed by atoms with Gasteiger partial charge < -0.3 is 10.2 Å². The minimum Gasteiger partial charge on any atom is -0.365 e. The molecule has 2 rings (SSSR count). The number of halogens is 1. The highest BCUT2D eigenvalue weighted by Gasteiger charge is 2.23. The van der Waals surface area contributed by atoms with Crippen molar-refractivity contribution in [2.45, 2.75) is 6.04 Å². The van der Waals surface area contributed by atoms with Crippen molar-refractivity contribution in [1.29, 1.82) is 0 Å². The number of amides is 2. The summed E-state index contributed by atoms with van der Waals surface area (Å²) in [7, 11) is 1.79. The molecule has 0 saturated heterocycles. The first-order valence-corrected chi connectivity index (χ1v) is 8.05. The van der Waals surface area contributed by atoms with Crippen LogP contribution in [0.2, 0.25) is 0 Å². The first kappa shape index (κ1) is 18.0. The van der Waals surface area contributed by atoms with Crippen molar-refractivity contribution >= 4 is 33.4 Å². The average molecular weight is 392 g/mol. The van der Waals surface area contributed by atoms with Crippen LogP contribution in [0.15, 0.2) is 59.1 Å². The van der Waals surface area contributed by atoms with Crippen molar-refractivity contribution in [2.75, 3.05) is 18.5 Å². The number of hydrogen-bond donors (Lipinski definition) is 3. The van der Waals surface area contributed by atoms with Crippen LogP contribution in [0.5, 0.6) is 0 Å². The number of nitrogens with one attached hydrogen (secondary N) is 2. The monoisotopic (exact) mass is 391 g/mol. The third-order valence-electron chi connectivity index (χ3n) is 3.46. The Hall–Kier alpha value is -2.38. The van der Waals surface area contributed by atoms with Crippen LogP contribution in [0.1, 0.15) is 11.6 Å². The topological polar surface area (TPSA) is 81.7 Å². The third kappa shape index (κ3) is 4.81. The van der Waals surface area contributed by atoms with Crippen molar-refractivity contribution in [1.82, 2.24) is 10.8 Å². The predicted octanol–water partition coefficient (Wildman–Crippen LogP) is 2.25. The van der Waals surface area contributed by atoms with Crippen LogP contribution in [0.25, 0.3) is 0 Å². The quantitative estimate of drug-likeness (QED) is 0.520. The molecule has 7 heteroatoms. The molecule has 0 aliphatic carbocycles. The summed E-state index contributed by atoms with van der Waals surface area (Å²) in [5, 5.41) is 11.6. The Morgan fingerprint density at radius 1 is 1.12 bits per heavy atom. The lowest BCUT2D eigenvalue weighted by molar-refractivity contribution is -0.134. The summed E-state index contributed by atoms with van der Waals surface area (Å²) < 4.78 is 0.851. The first-order valence-electron chi connectivity index (χ1n) is 7.26. The van der Waals surface area contributed by atoms with Gasteiger partial charge >= 0.3 is 0 Å². The number of hydroxylamine groups is 1. The van der Waals surface area contributed by atoms with E-state index in [0.29, 0.717) is 5.56 Å². The third-order valence-corrected chi connectivity index (χ3v) is 3.99. The summed E-state index contributed by atoms with van der Waals surface area (Å²) in [6.45, 7) is 0.0791. The molecule has 0 saturated carbocycles. The van der Waals surface area contributed by atoms with Crippen molar-refractivity contribution in [2.24, 2.45) is 0 Å². The maximum Gasteiger partial charge on any atom is 0.270 e. The van der Waals surface area contributed by atoms with Crippen LogP contribution in [0, 0.1) is 0 Å². The fourth-order valence-corrected chi connectivity index (χ4v) is 2.48. The summed E-state index contributed by atoms with van der Waals surface area (Å²) in [5.74, 6) is -1.04. The molecule has 6 nitrogen and oxygen atoms in total. The summed E-state index contributed by atoms with van der Waals surface area (Å²) in [5.41, 5.74) is 3.05. The van der Waals surface area contributed by atoms with Crippen LogP contribution in [-0.2, 0) is 9.59 Å². The standard InChI is InChI=1S/C17H18BrN3O3/c1-21(14-5-3-2-4-6-14)11-15(22)19-16(17(23)20-24)12-7-9-13(18)10-8-12/h2-10,16,24H,11H2,1H3,(H,19,22)(H,20,23). The number of likely N-dealkylation sites (N-methyl/N-ethyl adjacent to an activating group) is 1. The van der Waals surface area contributed by atoms with E-state index < -0.39 is 11.9 Å². The van der Waals surface area contributed by atoms with E-state index in [0.717, 1.165) is 10.2 Å². The van der Waals surface area contributed by atoms with Gasteiger partial charge in [-0.25, -0.2) is 5.48 Å². The lowest BCUT2D eigenvalue weighted by atomic mass is 10.1. The number of para-hydroxylation sites is 1. The van der Waals surface area contributed by atoms with E-state index in [1.165, 1.54) is 0 Å². The number of anilines is 1. The zero-order valence-corrected chi connectivity index (χ0v) is 14.7. The van der Waals surface area contributed by atoms with Gasteiger partial charge in [-0.2, -0.15) is 0 Å². The molecule has 0 heterocycles. The smallest absolute Gasteiger partial charge is 0.270 e. The molecular weight excluding hydrogens is 374 g/mol. The van der Waals surface area contributed by atoms with Gasteiger partial charge in [0, 0.05) is 17.2 Å². The molecule has 1 atom stereocenters. The van der Waals surface area contributed by atoms with E-state index in [2.05, 4.69) is 21.2 Å². The Labute approximate surface area is 148 Å². The molecule has 0 fully saturated rings. The molecule has 2 aromatic carbocycles.